The third-order valence-electron chi connectivity index (χ3n) is 7.15. The van der Waals surface area contributed by atoms with Crippen molar-refractivity contribution in [1.29, 1.82) is 5.41 Å². The van der Waals surface area contributed by atoms with Gasteiger partial charge in [-0.05, 0) is 80.3 Å². The number of fused-ring (bicyclic) bond motifs is 1. The number of benzene rings is 2. The van der Waals surface area contributed by atoms with Crippen LogP contribution in [0.1, 0.15) is 37.3 Å². The molecular formula is C31H38ClF2N7OS. The smallest absolute Gasteiger partial charge is 0.354 e. The summed E-state index contributed by atoms with van der Waals surface area (Å²) in [7, 11) is 0. The van der Waals surface area contributed by atoms with Crippen molar-refractivity contribution in [2.75, 3.05) is 25.2 Å². The second-order valence-corrected chi connectivity index (χ2v) is 12.0. The summed E-state index contributed by atoms with van der Waals surface area (Å²) in [6.07, 6.45) is 6.94. The molecule has 2 aromatic heterocycles. The van der Waals surface area contributed by atoms with Gasteiger partial charge < -0.3 is 21.4 Å². The van der Waals surface area contributed by atoms with E-state index in [1.807, 2.05) is 37.4 Å². The van der Waals surface area contributed by atoms with Crippen LogP contribution in [0.5, 0.6) is 0 Å². The SMILES string of the molecule is CSC[C@@H](CCNC(=N)CF)NCc1ccc(-n2cc3cc(-c4cc(CCC[C@H](C)N)cc(Cl)c4F)[nH]c3nc2=O)cc1. The van der Waals surface area contributed by atoms with E-state index in [2.05, 4.69) is 20.6 Å². The van der Waals surface area contributed by atoms with Crippen LogP contribution < -0.4 is 22.1 Å². The molecule has 0 saturated carbocycles. The molecule has 4 aromatic rings. The number of rotatable bonds is 15. The van der Waals surface area contributed by atoms with E-state index in [9.17, 15) is 9.18 Å². The Bertz CT molecular complexity index is 1590. The van der Waals surface area contributed by atoms with Crippen LogP contribution in [0.15, 0.2) is 53.5 Å². The number of thioether (sulfide) groups is 1. The van der Waals surface area contributed by atoms with Gasteiger partial charge in [-0.15, -0.1) is 0 Å². The summed E-state index contributed by atoms with van der Waals surface area (Å²) in [5.74, 6) is 0.252. The fourth-order valence-corrected chi connectivity index (χ4v) is 5.79. The Morgan fingerprint density at radius 2 is 1.98 bits per heavy atom. The van der Waals surface area contributed by atoms with Crippen LogP contribution in [0.25, 0.3) is 28.0 Å². The minimum Gasteiger partial charge on any atom is -0.372 e. The molecule has 0 aliphatic rings. The van der Waals surface area contributed by atoms with E-state index in [4.69, 9.17) is 22.7 Å². The molecule has 0 bridgehead atoms. The van der Waals surface area contributed by atoms with Crippen LogP contribution in [-0.2, 0) is 13.0 Å². The van der Waals surface area contributed by atoms with Crippen LogP contribution in [0.2, 0.25) is 5.02 Å². The number of alkyl halides is 1. The van der Waals surface area contributed by atoms with Gasteiger partial charge in [-0.2, -0.15) is 16.7 Å². The van der Waals surface area contributed by atoms with Crippen molar-refractivity contribution in [3.05, 3.63) is 81.1 Å². The van der Waals surface area contributed by atoms with Crippen molar-refractivity contribution in [2.45, 2.75) is 51.2 Å². The molecule has 230 valence electrons. The van der Waals surface area contributed by atoms with Gasteiger partial charge in [0.1, 0.15) is 18.2 Å². The topological polar surface area (TPSA) is 125 Å². The minimum atomic E-state index is -0.791. The number of H-pyrrole nitrogens is 1. The van der Waals surface area contributed by atoms with E-state index >= 15 is 4.39 Å². The third kappa shape index (κ3) is 8.88. The average Bonchev–Trinajstić information content (AvgIpc) is 3.39. The number of aryl methyl sites for hydroxylation is 1. The maximum Gasteiger partial charge on any atom is 0.354 e. The molecule has 2 heterocycles. The summed E-state index contributed by atoms with van der Waals surface area (Å²) in [4.78, 5) is 20.2. The number of nitrogens with one attached hydrogen (secondary N) is 4. The minimum absolute atomic E-state index is 0.0443. The Morgan fingerprint density at radius 3 is 2.67 bits per heavy atom. The zero-order valence-electron chi connectivity index (χ0n) is 24.4. The molecule has 6 N–H and O–H groups in total. The molecule has 0 saturated heterocycles. The fourth-order valence-electron chi connectivity index (χ4n) is 4.86. The molecule has 8 nitrogen and oxygen atoms in total. The van der Waals surface area contributed by atoms with Gasteiger partial charge in [0.05, 0.1) is 16.4 Å². The maximum atomic E-state index is 15.1. The predicted octanol–water partition coefficient (Wildman–Crippen LogP) is 5.59. The molecular weight excluding hydrogens is 592 g/mol. The molecule has 0 radical (unpaired) electrons. The standard InChI is InChI=1S/C31H38ClF2N7OS/c1-19(35)4-3-5-21-12-25(29(34)26(32)13-21)27-14-22-17-41(31(42)40-30(22)39-27)24-8-6-20(7-9-24)16-38-23(18-43-2)10-11-37-28(36)15-33/h6-9,12-14,17,19,23,38H,3-5,10-11,15-16,18,35H2,1-2H3,(H2,36,37)(H,39,40,42)/t19-,23+/m0/s1. The Balaban J connectivity index is 1.49. The van der Waals surface area contributed by atoms with E-state index < -0.39 is 18.2 Å². The Hall–Kier alpha value is -3.25. The van der Waals surface area contributed by atoms with Crippen molar-refractivity contribution >= 4 is 40.2 Å². The first kappa shape index (κ1) is 32.7. The third-order valence-corrected chi connectivity index (χ3v) is 8.16. The summed E-state index contributed by atoms with van der Waals surface area (Å²) < 4.78 is 29.0. The average molecular weight is 630 g/mol. The second-order valence-electron chi connectivity index (χ2n) is 10.7. The van der Waals surface area contributed by atoms with Gasteiger partial charge >= 0.3 is 5.69 Å². The number of hydrogen-bond donors (Lipinski definition) is 5. The highest BCUT2D eigenvalue weighted by Gasteiger charge is 2.16. The van der Waals surface area contributed by atoms with Crippen molar-refractivity contribution < 1.29 is 8.78 Å². The largest absolute Gasteiger partial charge is 0.372 e. The lowest BCUT2D eigenvalue weighted by Crippen LogP contribution is -2.35. The van der Waals surface area contributed by atoms with Crippen molar-refractivity contribution in [1.82, 2.24) is 25.2 Å². The van der Waals surface area contributed by atoms with Crippen LogP contribution in [0, 0.1) is 11.2 Å². The molecule has 0 amide bonds. The van der Waals surface area contributed by atoms with Crippen molar-refractivity contribution in [3.63, 3.8) is 0 Å². The van der Waals surface area contributed by atoms with Gasteiger partial charge in [0, 0.05) is 48.1 Å². The molecule has 2 aromatic carbocycles. The lowest BCUT2D eigenvalue weighted by Gasteiger charge is -2.18. The Kier molecular flexibility index (Phi) is 11.7. The Morgan fingerprint density at radius 1 is 1.21 bits per heavy atom. The Labute approximate surface area is 259 Å². The predicted molar refractivity (Wildman–Crippen MR) is 174 cm³/mol. The quantitative estimate of drug-likeness (QED) is 0.0863. The number of amidine groups is 1. The van der Waals surface area contributed by atoms with Crippen molar-refractivity contribution in [3.8, 4) is 16.9 Å². The number of nitrogens with zero attached hydrogens (tertiary/aromatic N) is 2. The van der Waals surface area contributed by atoms with E-state index in [1.165, 1.54) is 4.57 Å². The van der Waals surface area contributed by atoms with Gasteiger partial charge in [-0.3, -0.25) is 9.98 Å². The summed E-state index contributed by atoms with van der Waals surface area (Å²) in [6, 6.07) is 13.1. The van der Waals surface area contributed by atoms with Gasteiger partial charge in [-0.1, -0.05) is 23.7 Å². The molecule has 12 heteroatoms. The highest BCUT2D eigenvalue weighted by molar-refractivity contribution is 7.98. The summed E-state index contributed by atoms with van der Waals surface area (Å²) in [5.41, 5.74) is 9.20. The molecule has 0 fully saturated rings. The first-order chi connectivity index (χ1) is 20.7. The molecule has 0 aliphatic heterocycles. The van der Waals surface area contributed by atoms with Crippen molar-refractivity contribution in [2.24, 2.45) is 5.73 Å². The molecule has 4 rings (SSSR count). The van der Waals surface area contributed by atoms with E-state index in [-0.39, 0.29) is 22.9 Å². The lowest BCUT2D eigenvalue weighted by molar-refractivity contribution is 0.511. The number of aromatic amines is 1. The first-order valence-corrected chi connectivity index (χ1v) is 16.0. The number of hydrogen-bond acceptors (Lipinski definition) is 6. The van der Waals surface area contributed by atoms with Crippen LogP contribution in [-0.4, -0.2) is 57.7 Å². The molecule has 43 heavy (non-hydrogen) atoms. The highest BCUT2D eigenvalue weighted by Crippen LogP contribution is 2.31. The van der Waals surface area contributed by atoms with Crippen LogP contribution >= 0.6 is 23.4 Å². The van der Waals surface area contributed by atoms with Gasteiger partial charge in [0.2, 0.25) is 0 Å². The van der Waals surface area contributed by atoms with E-state index in [1.54, 1.807) is 36.2 Å². The summed E-state index contributed by atoms with van der Waals surface area (Å²) >= 11 is 7.96. The lowest BCUT2D eigenvalue weighted by atomic mass is 10.0. The van der Waals surface area contributed by atoms with E-state index in [0.29, 0.717) is 41.1 Å². The monoisotopic (exact) mass is 629 g/mol. The van der Waals surface area contributed by atoms with Crippen LogP contribution in [0.3, 0.4) is 0 Å². The number of halogens is 3. The van der Waals surface area contributed by atoms with Gasteiger partial charge in [-0.25, -0.2) is 13.6 Å². The summed E-state index contributed by atoms with van der Waals surface area (Å²) in [5, 5.41) is 14.4. The fraction of sp³-hybridized carbons (Fsp3) is 0.387. The highest BCUT2D eigenvalue weighted by atomic mass is 35.5. The zero-order valence-corrected chi connectivity index (χ0v) is 25.9. The molecule has 2 atom stereocenters. The maximum absolute atomic E-state index is 15.1. The molecule has 0 unspecified atom stereocenters. The number of aromatic nitrogens is 3. The number of nitrogens with two attached hydrogens (primary N) is 1. The molecule has 0 spiro atoms. The van der Waals surface area contributed by atoms with E-state index in [0.717, 1.165) is 42.6 Å². The normalized spacial score (nSPS) is 12.9. The van der Waals surface area contributed by atoms with Gasteiger partial charge in [0.25, 0.3) is 0 Å². The van der Waals surface area contributed by atoms with Gasteiger partial charge in [0.15, 0.2) is 5.82 Å². The molecule has 0 aliphatic carbocycles. The summed E-state index contributed by atoms with van der Waals surface area (Å²) in [6.45, 7) is 2.32. The van der Waals surface area contributed by atoms with Crippen LogP contribution in [0.4, 0.5) is 8.78 Å². The second kappa shape index (κ2) is 15.5. The zero-order chi connectivity index (χ0) is 30.9. The first-order valence-electron chi connectivity index (χ1n) is 14.2.